The third-order valence-electron chi connectivity index (χ3n) is 3.13. The van der Waals surface area contributed by atoms with Crippen molar-refractivity contribution in [1.82, 2.24) is 10.3 Å². The highest BCUT2D eigenvalue weighted by molar-refractivity contribution is 7.13. The van der Waals surface area contributed by atoms with Gasteiger partial charge in [-0.3, -0.25) is 4.98 Å². The van der Waals surface area contributed by atoms with E-state index in [1.165, 1.54) is 12.8 Å². The van der Waals surface area contributed by atoms with E-state index in [1.807, 2.05) is 24.4 Å². The number of thiophene rings is 1. The largest absolute Gasteiger partial charge is 0.490 e. The second-order valence-electron chi connectivity index (χ2n) is 4.43. The van der Waals surface area contributed by atoms with Gasteiger partial charge in [-0.2, -0.15) is 0 Å². The molecule has 1 aliphatic rings. The molecule has 0 aliphatic carbocycles. The Morgan fingerprint density at radius 1 is 1.30 bits per heavy atom. The third-order valence-corrected chi connectivity index (χ3v) is 4.00. The van der Waals surface area contributed by atoms with Gasteiger partial charge in [-0.05, 0) is 43.0 Å². The minimum absolute atomic E-state index is 0. The molecule has 1 N–H and O–H groups in total. The molecule has 3 heterocycles. The van der Waals surface area contributed by atoms with Gasteiger partial charge in [0.1, 0.15) is 18.1 Å². The Bertz CT molecular complexity index is 502. The molecule has 6 heteroatoms. The van der Waals surface area contributed by atoms with E-state index in [2.05, 4.69) is 21.7 Å². The van der Waals surface area contributed by atoms with Crippen LogP contribution in [0, 0.1) is 0 Å². The van der Waals surface area contributed by atoms with Crippen LogP contribution in [0.1, 0.15) is 12.8 Å². The molecule has 1 fully saturated rings. The zero-order valence-electron chi connectivity index (χ0n) is 11.0. The second-order valence-corrected chi connectivity index (χ2v) is 5.38. The van der Waals surface area contributed by atoms with Gasteiger partial charge in [0, 0.05) is 12.2 Å². The summed E-state index contributed by atoms with van der Waals surface area (Å²) in [5.41, 5.74) is 0.950. The van der Waals surface area contributed by atoms with E-state index in [4.69, 9.17) is 4.74 Å². The molecular formula is C14H18Cl2N2OS. The molecule has 0 aromatic carbocycles. The van der Waals surface area contributed by atoms with Crippen LogP contribution in [0.2, 0.25) is 0 Å². The van der Waals surface area contributed by atoms with Crippen LogP contribution in [0.4, 0.5) is 0 Å². The quantitative estimate of drug-likeness (QED) is 0.924. The summed E-state index contributed by atoms with van der Waals surface area (Å²) in [4.78, 5) is 5.59. The third kappa shape index (κ3) is 4.09. The van der Waals surface area contributed by atoms with Gasteiger partial charge in [-0.1, -0.05) is 6.07 Å². The van der Waals surface area contributed by atoms with Crippen LogP contribution in [0.3, 0.4) is 0 Å². The molecule has 3 nitrogen and oxygen atoms in total. The number of aromatic nitrogens is 1. The van der Waals surface area contributed by atoms with Crippen molar-refractivity contribution in [3.8, 4) is 16.3 Å². The van der Waals surface area contributed by atoms with Crippen LogP contribution >= 0.6 is 36.2 Å². The lowest BCUT2D eigenvalue weighted by molar-refractivity contribution is 0.277. The normalized spacial score (nSPS) is 17.1. The van der Waals surface area contributed by atoms with Gasteiger partial charge in [0.2, 0.25) is 0 Å². The topological polar surface area (TPSA) is 34.1 Å². The van der Waals surface area contributed by atoms with Gasteiger partial charge < -0.3 is 10.1 Å². The number of rotatable bonds is 4. The fourth-order valence-electron chi connectivity index (χ4n) is 2.19. The lowest BCUT2D eigenvalue weighted by Gasteiger charge is -2.13. The Labute approximate surface area is 135 Å². The summed E-state index contributed by atoms with van der Waals surface area (Å²) in [7, 11) is 0. The van der Waals surface area contributed by atoms with E-state index in [1.54, 1.807) is 11.3 Å². The fourth-order valence-corrected chi connectivity index (χ4v) is 2.92. The number of nitrogens with one attached hydrogen (secondary N) is 1. The van der Waals surface area contributed by atoms with Gasteiger partial charge in [-0.25, -0.2) is 0 Å². The van der Waals surface area contributed by atoms with Crippen molar-refractivity contribution in [3.05, 3.63) is 35.8 Å². The molecular weight excluding hydrogens is 315 g/mol. The first kappa shape index (κ1) is 17.2. The molecule has 3 rings (SSSR count). The number of ether oxygens (including phenoxy) is 1. The molecule has 1 atom stereocenters. The summed E-state index contributed by atoms with van der Waals surface area (Å²) in [5.74, 6) is 0.883. The van der Waals surface area contributed by atoms with Gasteiger partial charge in [0.15, 0.2) is 0 Å². The highest BCUT2D eigenvalue weighted by atomic mass is 35.5. The number of hydrogen-bond donors (Lipinski definition) is 1. The average Bonchev–Trinajstić information content (AvgIpc) is 3.10. The lowest BCUT2D eigenvalue weighted by atomic mass is 10.2. The van der Waals surface area contributed by atoms with Gasteiger partial charge in [0.05, 0.1) is 4.88 Å². The molecule has 110 valence electrons. The number of pyridine rings is 1. The maximum atomic E-state index is 5.93. The zero-order chi connectivity index (χ0) is 12.2. The summed E-state index contributed by atoms with van der Waals surface area (Å²) >= 11 is 1.69. The Hall–Kier alpha value is -0.810. The van der Waals surface area contributed by atoms with Crippen molar-refractivity contribution in [3.63, 3.8) is 0 Å². The molecule has 0 unspecified atom stereocenters. The Morgan fingerprint density at radius 3 is 2.90 bits per heavy atom. The monoisotopic (exact) mass is 332 g/mol. The Balaban J connectivity index is 0.000001000. The summed E-state index contributed by atoms with van der Waals surface area (Å²) in [6.45, 7) is 1.84. The summed E-state index contributed by atoms with van der Waals surface area (Å²) < 4.78 is 5.93. The summed E-state index contributed by atoms with van der Waals surface area (Å²) in [5, 5.41) is 5.50. The first-order valence-electron chi connectivity index (χ1n) is 6.28. The average molecular weight is 333 g/mol. The first-order valence-corrected chi connectivity index (χ1v) is 7.16. The van der Waals surface area contributed by atoms with Crippen LogP contribution in [0.25, 0.3) is 10.6 Å². The summed E-state index contributed by atoms with van der Waals surface area (Å²) in [6, 6.07) is 8.53. The minimum atomic E-state index is 0. The minimum Gasteiger partial charge on any atom is -0.490 e. The van der Waals surface area contributed by atoms with E-state index in [9.17, 15) is 0 Å². The lowest BCUT2D eigenvalue weighted by Crippen LogP contribution is -2.28. The highest BCUT2D eigenvalue weighted by Gasteiger charge is 2.16. The van der Waals surface area contributed by atoms with Crippen LogP contribution in [0.5, 0.6) is 5.75 Å². The van der Waals surface area contributed by atoms with Crippen molar-refractivity contribution in [2.75, 3.05) is 13.2 Å². The van der Waals surface area contributed by atoms with Crippen molar-refractivity contribution in [2.24, 2.45) is 0 Å². The number of hydrogen-bond acceptors (Lipinski definition) is 4. The standard InChI is InChI=1S/C14H16N2OS.2ClH/c1-4-11(15-7-1)10-17-12-5-2-8-16-14(12)13-6-3-9-18-13;;/h2-3,5-6,8-9,11,15H,1,4,7,10H2;2*1H/t11-;;/m0../s1. The molecule has 0 bridgehead atoms. The van der Waals surface area contributed by atoms with E-state index in [0.717, 1.165) is 29.5 Å². The molecule has 0 amide bonds. The van der Waals surface area contributed by atoms with E-state index in [-0.39, 0.29) is 24.8 Å². The summed E-state index contributed by atoms with van der Waals surface area (Å²) in [6.07, 6.45) is 4.27. The van der Waals surface area contributed by atoms with E-state index < -0.39 is 0 Å². The molecule has 0 radical (unpaired) electrons. The van der Waals surface area contributed by atoms with Crippen molar-refractivity contribution in [1.29, 1.82) is 0 Å². The molecule has 0 spiro atoms. The number of nitrogens with zero attached hydrogens (tertiary/aromatic N) is 1. The van der Waals surface area contributed by atoms with Crippen LogP contribution < -0.4 is 10.1 Å². The zero-order valence-corrected chi connectivity index (χ0v) is 13.4. The van der Waals surface area contributed by atoms with Gasteiger partial charge >= 0.3 is 0 Å². The first-order chi connectivity index (χ1) is 8.93. The van der Waals surface area contributed by atoms with Crippen LogP contribution in [-0.2, 0) is 0 Å². The maximum absolute atomic E-state index is 5.93. The molecule has 1 saturated heterocycles. The predicted molar refractivity (Wildman–Crippen MR) is 88.6 cm³/mol. The predicted octanol–water partition coefficient (Wildman–Crippen LogP) is 3.78. The van der Waals surface area contributed by atoms with Crippen molar-refractivity contribution < 1.29 is 4.74 Å². The van der Waals surface area contributed by atoms with Gasteiger partial charge in [-0.15, -0.1) is 36.2 Å². The smallest absolute Gasteiger partial charge is 0.146 e. The van der Waals surface area contributed by atoms with Crippen molar-refractivity contribution in [2.45, 2.75) is 18.9 Å². The Morgan fingerprint density at radius 2 is 2.20 bits per heavy atom. The van der Waals surface area contributed by atoms with E-state index in [0.29, 0.717) is 6.04 Å². The van der Waals surface area contributed by atoms with Crippen molar-refractivity contribution >= 4 is 36.2 Å². The maximum Gasteiger partial charge on any atom is 0.146 e. The molecule has 20 heavy (non-hydrogen) atoms. The molecule has 1 aliphatic heterocycles. The molecule has 2 aromatic heterocycles. The Kier molecular flexibility index (Phi) is 7.30. The highest BCUT2D eigenvalue weighted by Crippen LogP contribution is 2.31. The fraction of sp³-hybridized carbons (Fsp3) is 0.357. The molecule has 0 saturated carbocycles. The van der Waals surface area contributed by atoms with Gasteiger partial charge in [0.25, 0.3) is 0 Å². The van der Waals surface area contributed by atoms with Crippen LogP contribution in [-0.4, -0.2) is 24.2 Å². The molecule has 2 aromatic rings. The van der Waals surface area contributed by atoms with E-state index >= 15 is 0 Å². The number of halogens is 2. The second kappa shape index (κ2) is 8.47. The van der Waals surface area contributed by atoms with Crippen LogP contribution in [0.15, 0.2) is 35.8 Å². The SMILES string of the molecule is Cl.Cl.c1csc(-c2ncccc2OC[C@@H]2CCCN2)c1.